The molecule has 0 bridgehead atoms. The molecular formula is C20H29NO5. The molecular weight excluding hydrogens is 334 g/mol. The van der Waals surface area contributed by atoms with Gasteiger partial charge in [0, 0.05) is 5.56 Å². The second-order valence-electron chi connectivity index (χ2n) is 5.70. The molecule has 0 radical (unpaired) electrons. The molecule has 1 amide bonds. The van der Waals surface area contributed by atoms with Crippen molar-refractivity contribution in [1.82, 2.24) is 5.32 Å². The molecule has 0 aliphatic rings. The third kappa shape index (κ3) is 11.8. The highest BCUT2D eigenvalue weighted by atomic mass is 16.4. The number of carboxylic acids is 2. The van der Waals surface area contributed by atoms with Crippen LogP contribution in [-0.4, -0.2) is 34.6 Å². The van der Waals surface area contributed by atoms with E-state index in [0.29, 0.717) is 5.56 Å². The van der Waals surface area contributed by atoms with Gasteiger partial charge in [0.05, 0.1) is 5.92 Å². The molecule has 1 rings (SSSR count). The van der Waals surface area contributed by atoms with Gasteiger partial charge in [-0.1, -0.05) is 44.2 Å². The monoisotopic (exact) mass is 363 g/mol. The van der Waals surface area contributed by atoms with Gasteiger partial charge in [0.1, 0.15) is 6.54 Å². The van der Waals surface area contributed by atoms with Gasteiger partial charge in [-0.15, -0.1) is 0 Å². The molecule has 26 heavy (non-hydrogen) atoms. The van der Waals surface area contributed by atoms with Gasteiger partial charge in [-0.2, -0.15) is 0 Å². The lowest BCUT2D eigenvalue weighted by Crippen LogP contribution is -2.29. The maximum absolute atomic E-state index is 11.2. The minimum atomic E-state index is -1.05. The highest BCUT2D eigenvalue weighted by Crippen LogP contribution is 2.12. The number of hydrogen-bond donors (Lipinski definition) is 3. The molecule has 144 valence electrons. The molecule has 0 saturated heterocycles. The third-order valence-corrected chi connectivity index (χ3v) is 3.60. The summed E-state index contributed by atoms with van der Waals surface area (Å²) in [4.78, 5) is 31.9. The molecule has 0 aliphatic carbocycles. The van der Waals surface area contributed by atoms with Crippen LogP contribution < -0.4 is 5.32 Å². The van der Waals surface area contributed by atoms with Crippen LogP contribution in [0.4, 0.5) is 0 Å². The maximum atomic E-state index is 11.2. The van der Waals surface area contributed by atoms with Crippen molar-refractivity contribution >= 4 is 17.8 Å². The second-order valence-corrected chi connectivity index (χ2v) is 5.70. The topological polar surface area (TPSA) is 104 Å². The van der Waals surface area contributed by atoms with Gasteiger partial charge in [-0.25, -0.2) is 0 Å². The predicted molar refractivity (Wildman–Crippen MR) is 101 cm³/mol. The van der Waals surface area contributed by atoms with Crippen LogP contribution in [0.15, 0.2) is 42.5 Å². The number of allylic oxidation sites excluding steroid dienone is 2. The van der Waals surface area contributed by atoms with Crippen LogP contribution in [0.25, 0.3) is 0 Å². The molecule has 0 aromatic heterocycles. The largest absolute Gasteiger partial charge is 0.481 e. The van der Waals surface area contributed by atoms with E-state index in [1.807, 2.05) is 6.92 Å². The Kier molecular flexibility index (Phi) is 13.2. The first-order valence-corrected chi connectivity index (χ1v) is 8.85. The summed E-state index contributed by atoms with van der Waals surface area (Å²) in [5.74, 6) is -2.22. The number of amides is 1. The SMILES string of the molecule is CCC=CCCCC(CC)C(=O)O.O=C(O)CNC(=O)c1ccccc1. The molecule has 1 aromatic rings. The summed E-state index contributed by atoms with van der Waals surface area (Å²) in [6, 6.07) is 8.47. The standard InChI is InChI=1S/C11H20O2.C9H9NO3/c1-3-5-6-7-8-9-10(4-2)11(12)13;11-8(12)6-10-9(13)7-4-2-1-3-5-7/h5-6,10H,3-4,7-9H2,1-2H3,(H,12,13);1-5H,6H2,(H,10,13)(H,11,12). The average Bonchev–Trinajstić information content (AvgIpc) is 2.63. The predicted octanol–water partition coefficient (Wildman–Crippen LogP) is 3.73. The van der Waals surface area contributed by atoms with Crippen molar-refractivity contribution in [1.29, 1.82) is 0 Å². The van der Waals surface area contributed by atoms with Crippen molar-refractivity contribution < 1.29 is 24.6 Å². The molecule has 0 aliphatic heterocycles. The number of hydrogen-bond acceptors (Lipinski definition) is 3. The van der Waals surface area contributed by atoms with Gasteiger partial charge in [-0.3, -0.25) is 14.4 Å². The van der Waals surface area contributed by atoms with Crippen LogP contribution in [0.2, 0.25) is 0 Å². The Morgan fingerprint density at radius 2 is 1.73 bits per heavy atom. The van der Waals surface area contributed by atoms with Crippen LogP contribution in [0.5, 0.6) is 0 Å². The first-order chi connectivity index (χ1) is 12.4. The van der Waals surface area contributed by atoms with Crippen molar-refractivity contribution in [3.63, 3.8) is 0 Å². The van der Waals surface area contributed by atoms with E-state index in [1.54, 1.807) is 30.3 Å². The van der Waals surface area contributed by atoms with Crippen LogP contribution in [0.1, 0.15) is 56.3 Å². The van der Waals surface area contributed by atoms with E-state index in [2.05, 4.69) is 24.4 Å². The molecule has 0 heterocycles. The number of rotatable bonds is 10. The second kappa shape index (κ2) is 14.7. The Morgan fingerprint density at radius 1 is 1.08 bits per heavy atom. The number of carbonyl (C=O) groups excluding carboxylic acids is 1. The minimum Gasteiger partial charge on any atom is -0.481 e. The van der Waals surface area contributed by atoms with E-state index in [9.17, 15) is 14.4 Å². The van der Waals surface area contributed by atoms with E-state index < -0.39 is 11.9 Å². The molecule has 0 fully saturated rings. The van der Waals surface area contributed by atoms with Gasteiger partial charge in [0.25, 0.3) is 5.91 Å². The third-order valence-electron chi connectivity index (χ3n) is 3.60. The fourth-order valence-corrected chi connectivity index (χ4v) is 2.12. The Morgan fingerprint density at radius 3 is 2.23 bits per heavy atom. The van der Waals surface area contributed by atoms with Crippen LogP contribution >= 0.6 is 0 Å². The average molecular weight is 363 g/mol. The van der Waals surface area contributed by atoms with Crippen LogP contribution in [0.3, 0.4) is 0 Å². The first-order valence-electron chi connectivity index (χ1n) is 8.85. The van der Waals surface area contributed by atoms with Gasteiger partial charge < -0.3 is 15.5 Å². The summed E-state index contributed by atoms with van der Waals surface area (Å²) < 4.78 is 0. The Balaban J connectivity index is 0.000000481. The van der Waals surface area contributed by atoms with E-state index in [-0.39, 0.29) is 18.4 Å². The van der Waals surface area contributed by atoms with Gasteiger partial charge in [0.15, 0.2) is 0 Å². The summed E-state index contributed by atoms with van der Waals surface area (Å²) in [5, 5.41) is 19.3. The lowest BCUT2D eigenvalue weighted by molar-refractivity contribution is -0.142. The molecule has 1 unspecified atom stereocenters. The van der Waals surface area contributed by atoms with Crippen molar-refractivity contribution in [2.75, 3.05) is 6.54 Å². The van der Waals surface area contributed by atoms with Gasteiger partial charge >= 0.3 is 11.9 Å². The van der Waals surface area contributed by atoms with Crippen molar-refractivity contribution in [3.8, 4) is 0 Å². The quantitative estimate of drug-likeness (QED) is 0.434. The number of carbonyl (C=O) groups is 3. The fourth-order valence-electron chi connectivity index (χ4n) is 2.12. The lowest BCUT2D eigenvalue weighted by Gasteiger charge is -2.07. The number of nitrogens with one attached hydrogen (secondary N) is 1. The van der Waals surface area contributed by atoms with Crippen molar-refractivity contribution in [2.24, 2.45) is 5.92 Å². The molecule has 6 heteroatoms. The zero-order valence-corrected chi connectivity index (χ0v) is 15.5. The molecule has 0 saturated carbocycles. The van der Waals surface area contributed by atoms with E-state index in [1.165, 1.54) is 0 Å². The lowest BCUT2D eigenvalue weighted by atomic mass is 9.99. The van der Waals surface area contributed by atoms with Gasteiger partial charge in [-0.05, 0) is 44.2 Å². The number of benzene rings is 1. The van der Waals surface area contributed by atoms with Gasteiger partial charge in [0.2, 0.25) is 0 Å². The fraction of sp³-hybridized carbons (Fsp3) is 0.450. The van der Waals surface area contributed by atoms with Crippen molar-refractivity contribution in [2.45, 2.75) is 46.0 Å². The summed E-state index contributed by atoms with van der Waals surface area (Å²) in [6.07, 6.45) is 8.87. The molecule has 3 N–H and O–H groups in total. The number of aliphatic carboxylic acids is 2. The molecule has 0 spiro atoms. The van der Waals surface area contributed by atoms with Crippen LogP contribution in [0, 0.1) is 5.92 Å². The highest BCUT2D eigenvalue weighted by molar-refractivity contribution is 5.95. The smallest absolute Gasteiger partial charge is 0.322 e. The maximum Gasteiger partial charge on any atom is 0.322 e. The summed E-state index contributed by atoms with van der Waals surface area (Å²) in [6.45, 7) is 3.68. The summed E-state index contributed by atoms with van der Waals surface area (Å²) >= 11 is 0. The number of carboxylic acid groups (broad SMARTS) is 2. The molecule has 1 atom stereocenters. The highest BCUT2D eigenvalue weighted by Gasteiger charge is 2.13. The normalized spacial score (nSPS) is 11.3. The summed E-state index contributed by atoms with van der Waals surface area (Å²) in [5.41, 5.74) is 0.462. The number of unbranched alkanes of at least 4 members (excludes halogenated alkanes) is 1. The van der Waals surface area contributed by atoms with E-state index in [4.69, 9.17) is 10.2 Å². The van der Waals surface area contributed by atoms with E-state index >= 15 is 0 Å². The Labute approximate surface area is 154 Å². The minimum absolute atomic E-state index is 0.143. The zero-order valence-electron chi connectivity index (χ0n) is 15.5. The van der Waals surface area contributed by atoms with E-state index in [0.717, 1.165) is 32.1 Å². The molecule has 6 nitrogen and oxygen atoms in total. The summed E-state index contributed by atoms with van der Waals surface area (Å²) in [7, 11) is 0. The first kappa shape index (κ1) is 23.4. The van der Waals surface area contributed by atoms with Crippen LogP contribution in [-0.2, 0) is 9.59 Å². The van der Waals surface area contributed by atoms with Crippen molar-refractivity contribution in [3.05, 3.63) is 48.0 Å². The molecule has 1 aromatic carbocycles. The Bertz CT molecular complexity index is 569. The zero-order chi connectivity index (χ0) is 19.8. The Hall–Kier alpha value is -2.63.